The molecule has 11 heavy (non-hydrogen) atoms. The zero-order chi connectivity index (χ0) is 8.27. The Hall–Kier alpha value is -0.830. The summed E-state index contributed by atoms with van der Waals surface area (Å²) in [5, 5.41) is 8.99. The first-order valence-electron chi connectivity index (χ1n) is 3.15. The lowest BCUT2D eigenvalue weighted by Gasteiger charge is -1.99. The number of carbonyl (C=O) groups excluding carboxylic acids is 1. The zero-order valence-electron chi connectivity index (χ0n) is 5.75. The molecular formula is C8H7BrO2. The maximum Gasteiger partial charge on any atom is 0.124 e. The number of rotatable bonds is 2. The third kappa shape index (κ3) is 2.05. The van der Waals surface area contributed by atoms with E-state index in [1.54, 1.807) is 18.2 Å². The van der Waals surface area contributed by atoms with Crippen molar-refractivity contribution < 1.29 is 9.90 Å². The van der Waals surface area contributed by atoms with E-state index in [2.05, 4.69) is 15.9 Å². The van der Waals surface area contributed by atoms with Crippen LogP contribution in [0, 0.1) is 0 Å². The molecular weight excluding hydrogens is 208 g/mol. The Kier molecular flexibility index (Phi) is 2.65. The monoisotopic (exact) mass is 214 g/mol. The molecule has 0 spiro atoms. The number of phenolic OH excluding ortho intramolecular Hbond substituents is 1. The summed E-state index contributed by atoms with van der Waals surface area (Å²) in [6.07, 6.45) is 1.21. The van der Waals surface area contributed by atoms with Crippen LogP contribution >= 0.6 is 15.9 Å². The molecule has 0 atom stereocenters. The molecule has 0 saturated carbocycles. The van der Waals surface area contributed by atoms with Gasteiger partial charge >= 0.3 is 0 Å². The maximum atomic E-state index is 10.1. The van der Waals surface area contributed by atoms with E-state index < -0.39 is 0 Å². The van der Waals surface area contributed by atoms with Crippen molar-refractivity contribution in [2.75, 3.05) is 0 Å². The van der Waals surface area contributed by atoms with Gasteiger partial charge in [0.15, 0.2) is 0 Å². The van der Waals surface area contributed by atoms with Crippen molar-refractivity contribution in [1.82, 2.24) is 0 Å². The van der Waals surface area contributed by atoms with Crippen LogP contribution in [0.15, 0.2) is 22.7 Å². The second kappa shape index (κ2) is 3.53. The zero-order valence-corrected chi connectivity index (χ0v) is 7.34. The summed E-state index contributed by atoms with van der Waals surface area (Å²) in [6.45, 7) is 0. The first kappa shape index (κ1) is 8.27. The lowest BCUT2D eigenvalue weighted by molar-refractivity contribution is -0.107. The molecule has 0 saturated heterocycles. The topological polar surface area (TPSA) is 37.3 Å². The Bertz CT molecular complexity index is 271. The Morgan fingerprint density at radius 1 is 1.55 bits per heavy atom. The third-order valence-corrected chi connectivity index (χ3v) is 2.08. The molecule has 0 heterocycles. The minimum Gasteiger partial charge on any atom is -0.508 e. The normalized spacial score (nSPS) is 9.55. The lowest BCUT2D eigenvalue weighted by atomic mass is 10.2. The van der Waals surface area contributed by atoms with E-state index in [4.69, 9.17) is 5.11 Å². The van der Waals surface area contributed by atoms with E-state index in [0.29, 0.717) is 6.42 Å². The fraction of sp³-hybridized carbons (Fsp3) is 0.125. The summed E-state index contributed by atoms with van der Waals surface area (Å²) in [4.78, 5) is 10.1. The predicted octanol–water partition coefficient (Wildman–Crippen LogP) is 1.90. The number of hydrogen-bond donors (Lipinski definition) is 1. The molecule has 0 amide bonds. The van der Waals surface area contributed by atoms with Gasteiger partial charge in [-0.1, -0.05) is 22.0 Å². The minimum absolute atomic E-state index is 0.200. The summed E-state index contributed by atoms with van der Waals surface area (Å²) in [5.41, 5.74) is 0.887. The largest absolute Gasteiger partial charge is 0.508 e. The number of phenols is 1. The number of aromatic hydroxyl groups is 1. The molecule has 3 heteroatoms. The van der Waals surface area contributed by atoms with Crippen LogP contribution in [-0.2, 0) is 11.2 Å². The smallest absolute Gasteiger partial charge is 0.124 e. The lowest BCUT2D eigenvalue weighted by Crippen LogP contribution is -1.86. The van der Waals surface area contributed by atoms with Gasteiger partial charge < -0.3 is 9.90 Å². The first-order valence-corrected chi connectivity index (χ1v) is 3.94. The van der Waals surface area contributed by atoms with Crippen LogP contribution in [-0.4, -0.2) is 11.4 Å². The van der Waals surface area contributed by atoms with Gasteiger partial charge in [-0.05, 0) is 17.7 Å². The fourth-order valence-electron chi connectivity index (χ4n) is 0.792. The third-order valence-electron chi connectivity index (χ3n) is 1.34. The van der Waals surface area contributed by atoms with Crippen molar-refractivity contribution in [3.63, 3.8) is 0 Å². The molecule has 0 aliphatic carbocycles. The molecule has 1 N–H and O–H groups in total. The highest BCUT2D eigenvalue weighted by molar-refractivity contribution is 9.10. The molecule has 1 rings (SSSR count). The molecule has 0 aliphatic rings. The van der Waals surface area contributed by atoms with Crippen LogP contribution in [0.2, 0.25) is 0 Å². The molecule has 0 fully saturated rings. The molecule has 58 valence electrons. The Morgan fingerprint density at radius 3 is 2.82 bits per heavy atom. The van der Waals surface area contributed by atoms with Gasteiger partial charge in [-0.2, -0.15) is 0 Å². The molecule has 0 unspecified atom stereocenters. The van der Waals surface area contributed by atoms with Gasteiger partial charge in [-0.3, -0.25) is 0 Å². The Morgan fingerprint density at radius 2 is 2.27 bits per heavy atom. The first-order chi connectivity index (χ1) is 5.24. The maximum absolute atomic E-state index is 10.1. The van der Waals surface area contributed by atoms with Crippen LogP contribution in [0.5, 0.6) is 5.75 Å². The molecule has 0 aromatic heterocycles. The van der Waals surface area contributed by atoms with E-state index in [1.165, 1.54) is 0 Å². The number of carbonyl (C=O) groups is 1. The van der Waals surface area contributed by atoms with Gasteiger partial charge in [-0.25, -0.2) is 0 Å². The van der Waals surface area contributed by atoms with Crippen LogP contribution in [0.1, 0.15) is 5.56 Å². The summed E-state index contributed by atoms with van der Waals surface area (Å²) < 4.78 is 0.768. The van der Waals surface area contributed by atoms with E-state index in [1.807, 2.05) is 0 Å². The summed E-state index contributed by atoms with van der Waals surface area (Å²) >= 11 is 3.23. The Balaban J connectivity index is 2.98. The molecule has 0 aliphatic heterocycles. The van der Waals surface area contributed by atoms with E-state index in [0.717, 1.165) is 16.3 Å². The van der Waals surface area contributed by atoms with Gasteiger partial charge in [0.25, 0.3) is 0 Å². The highest BCUT2D eigenvalue weighted by atomic mass is 79.9. The second-order valence-electron chi connectivity index (χ2n) is 2.15. The van der Waals surface area contributed by atoms with E-state index >= 15 is 0 Å². The highest BCUT2D eigenvalue weighted by Crippen LogP contribution is 2.21. The van der Waals surface area contributed by atoms with Crippen molar-refractivity contribution in [2.24, 2.45) is 0 Å². The van der Waals surface area contributed by atoms with E-state index in [9.17, 15) is 4.79 Å². The number of hydrogen-bond acceptors (Lipinski definition) is 2. The summed E-state index contributed by atoms with van der Waals surface area (Å²) in [6, 6.07) is 4.84. The standard InChI is InChI=1S/C8H7BrO2/c9-8-5-7(11)2-1-6(8)3-4-10/h1-2,4-5,11H,3H2. The minimum atomic E-state index is 0.200. The number of aldehydes is 1. The van der Waals surface area contributed by atoms with Crippen LogP contribution in [0.4, 0.5) is 0 Å². The van der Waals surface area contributed by atoms with Gasteiger partial charge in [0.2, 0.25) is 0 Å². The molecule has 0 radical (unpaired) electrons. The summed E-state index contributed by atoms with van der Waals surface area (Å²) in [7, 11) is 0. The van der Waals surface area contributed by atoms with Gasteiger partial charge in [0.1, 0.15) is 12.0 Å². The highest BCUT2D eigenvalue weighted by Gasteiger charge is 1.98. The van der Waals surface area contributed by atoms with Crippen LogP contribution in [0.3, 0.4) is 0 Å². The molecule has 1 aromatic carbocycles. The second-order valence-corrected chi connectivity index (χ2v) is 3.00. The molecule has 2 nitrogen and oxygen atoms in total. The van der Waals surface area contributed by atoms with Crippen molar-refractivity contribution in [3.05, 3.63) is 28.2 Å². The average Bonchev–Trinajstić information content (AvgIpc) is 1.95. The quantitative estimate of drug-likeness (QED) is 0.765. The van der Waals surface area contributed by atoms with Crippen LogP contribution < -0.4 is 0 Å². The van der Waals surface area contributed by atoms with Gasteiger partial charge in [0.05, 0.1) is 0 Å². The van der Waals surface area contributed by atoms with Crippen molar-refractivity contribution in [1.29, 1.82) is 0 Å². The number of halogens is 1. The average molecular weight is 215 g/mol. The van der Waals surface area contributed by atoms with Crippen molar-refractivity contribution >= 4 is 22.2 Å². The Labute approximate surface area is 73.0 Å². The van der Waals surface area contributed by atoms with Gasteiger partial charge in [0, 0.05) is 10.9 Å². The predicted molar refractivity (Wildman–Crippen MR) is 45.6 cm³/mol. The summed E-state index contributed by atoms with van der Waals surface area (Å²) in [5.74, 6) is 0.200. The molecule has 1 aromatic rings. The SMILES string of the molecule is O=CCc1ccc(O)cc1Br. The van der Waals surface area contributed by atoms with E-state index in [-0.39, 0.29) is 5.75 Å². The van der Waals surface area contributed by atoms with Gasteiger partial charge in [-0.15, -0.1) is 0 Å². The van der Waals surface area contributed by atoms with Crippen LogP contribution in [0.25, 0.3) is 0 Å². The molecule has 0 bridgehead atoms. The van der Waals surface area contributed by atoms with Crippen molar-refractivity contribution in [2.45, 2.75) is 6.42 Å². The fourth-order valence-corrected chi connectivity index (χ4v) is 1.32. The van der Waals surface area contributed by atoms with Crippen molar-refractivity contribution in [3.8, 4) is 5.75 Å². The number of benzene rings is 1.